The summed E-state index contributed by atoms with van der Waals surface area (Å²) in [5.41, 5.74) is 3.69. The molecule has 1 aliphatic rings. The fourth-order valence-corrected chi connectivity index (χ4v) is 4.98. The fraction of sp³-hybridized carbons (Fsp3) is 0.458. The molecule has 4 rings (SSSR count). The van der Waals surface area contributed by atoms with Crippen LogP contribution in [0.3, 0.4) is 0 Å². The minimum Gasteiger partial charge on any atom is -0.349 e. The van der Waals surface area contributed by atoms with Crippen molar-refractivity contribution in [2.24, 2.45) is 5.92 Å². The SMILES string of the molecule is CCC(NC(=O)C1CCCN(Cc2nc(-c3cccs3)no2)C1)c1ccc(C)cc1C. The summed E-state index contributed by atoms with van der Waals surface area (Å²) in [7, 11) is 0. The van der Waals surface area contributed by atoms with Crippen LogP contribution in [0.1, 0.15) is 54.8 Å². The smallest absolute Gasteiger partial charge is 0.241 e. The molecule has 3 heterocycles. The minimum atomic E-state index is -0.0201. The van der Waals surface area contributed by atoms with Gasteiger partial charge in [-0.25, -0.2) is 0 Å². The normalized spacial score (nSPS) is 18.1. The summed E-state index contributed by atoms with van der Waals surface area (Å²) in [5.74, 6) is 1.36. The first-order valence-corrected chi connectivity index (χ1v) is 11.9. The van der Waals surface area contributed by atoms with E-state index in [1.807, 2.05) is 17.5 Å². The second-order valence-electron chi connectivity index (χ2n) is 8.39. The Bertz CT molecular complexity index is 1010. The van der Waals surface area contributed by atoms with Gasteiger partial charge in [-0.15, -0.1) is 11.3 Å². The van der Waals surface area contributed by atoms with Crippen molar-refractivity contribution in [2.45, 2.75) is 52.6 Å². The maximum Gasteiger partial charge on any atom is 0.241 e. The van der Waals surface area contributed by atoms with Crippen molar-refractivity contribution < 1.29 is 9.32 Å². The molecule has 2 aromatic heterocycles. The molecule has 1 N–H and O–H groups in total. The van der Waals surface area contributed by atoms with Gasteiger partial charge in [0.1, 0.15) is 0 Å². The summed E-state index contributed by atoms with van der Waals surface area (Å²) in [6.07, 6.45) is 2.78. The van der Waals surface area contributed by atoms with Crippen LogP contribution >= 0.6 is 11.3 Å². The summed E-state index contributed by atoms with van der Waals surface area (Å²) in [6.45, 7) is 8.57. The van der Waals surface area contributed by atoms with Crippen LogP contribution in [0.15, 0.2) is 40.2 Å². The predicted molar refractivity (Wildman–Crippen MR) is 123 cm³/mol. The molecule has 164 valence electrons. The van der Waals surface area contributed by atoms with Crippen LogP contribution in [-0.2, 0) is 11.3 Å². The monoisotopic (exact) mass is 438 g/mol. The van der Waals surface area contributed by atoms with Crippen molar-refractivity contribution >= 4 is 17.2 Å². The number of hydrogen-bond acceptors (Lipinski definition) is 6. The van der Waals surface area contributed by atoms with E-state index in [2.05, 4.69) is 59.3 Å². The molecule has 7 heteroatoms. The van der Waals surface area contributed by atoms with E-state index in [-0.39, 0.29) is 17.9 Å². The van der Waals surface area contributed by atoms with Crippen LogP contribution < -0.4 is 5.32 Å². The quantitative estimate of drug-likeness (QED) is 0.568. The molecule has 0 saturated carbocycles. The standard InChI is InChI=1S/C24H30N4O2S/c1-4-20(19-10-9-16(2)13-17(19)3)25-24(29)18-7-5-11-28(14-18)15-22-26-23(27-30-22)21-8-6-12-31-21/h6,8-10,12-13,18,20H,4-5,7,11,14-15H2,1-3H3,(H,25,29). The van der Waals surface area contributed by atoms with E-state index in [1.165, 1.54) is 16.7 Å². The molecule has 2 atom stereocenters. The molecule has 3 aromatic rings. The highest BCUT2D eigenvalue weighted by molar-refractivity contribution is 7.13. The number of amides is 1. The van der Waals surface area contributed by atoms with Crippen molar-refractivity contribution in [2.75, 3.05) is 13.1 Å². The van der Waals surface area contributed by atoms with Crippen LogP contribution in [0.2, 0.25) is 0 Å². The second kappa shape index (κ2) is 9.75. The van der Waals surface area contributed by atoms with Crippen molar-refractivity contribution in [3.63, 3.8) is 0 Å². The number of nitrogens with zero attached hydrogens (tertiary/aromatic N) is 3. The lowest BCUT2D eigenvalue weighted by Gasteiger charge is -2.32. The molecule has 0 radical (unpaired) electrons. The number of benzene rings is 1. The summed E-state index contributed by atoms with van der Waals surface area (Å²) in [6, 6.07) is 10.5. The van der Waals surface area contributed by atoms with E-state index in [0.717, 1.165) is 30.7 Å². The van der Waals surface area contributed by atoms with Gasteiger partial charge in [0, 0.05) is 6.54 Å². The van der Waals surface area contributed by atoms with Gasteiger partial charge < -0.3 is 9.84 Å². The molecule has 0 bridgehead atoms. The van der Waals surface area contributed by atoms with Crippen LogP contribution in [0.4, 0.5) is 0 Å². The van der Waals surface area contributed by atoms with Crippen molar-refractivity contribution in [1.82, 2.24) is 20.4 Å². The zero-order valence-electron chi connectivity index (χ0n) is 18.4. The summed E-state index contributed by atoms with van der Waals surface area (Å²) < 4.78 is 5.45. The number of thiophene rings is 1. The van der Waals surface area contributed by atoms with Gasteiger partial charge in [0.05, 0.1) is 23.4 Å². The van der Waals surface area contributed by atoms with Crippen LogP contribution in [0, 0.1) is 19.8 Å². The molecule has 2 unspecified atom stereocenters. The molecule has 31 heavy (non-hydrogen) atoms. The Balaban J connectivity index is 1.37. The number of rotatable bonds is 7. The Hall–Kier alpha value is -2.51. The van der Waals surface area contributed by atoms with Crippen molar-refractivity contribution in [3.05, 3.63) is 58.3 Å². The van der Waals surface area contributed by atoms with Crippen LogP contribution in [-0.4, -0.2) is 34.0 Å². The number of carbonyl (C=O) groups is 1. The predicted octanol–water partition coefficient (Wildman–Crippen LogP) is 4.89. The van der Waals surface area contributed by atoms with Gasteiger partial charge in [0.15, 0.2) is 0 Å². The molecule has 1 aromatic carbocycles. The van der Waals surface area contributed by atoms with Crippen molar-refractivity contribution in [1.29, 1.82) is 0 Å². The number of likely N-dealkylation sites (tertiary alicyclic amines) is 1. The Morgan fingerprint density at radius 1 is 1.35 bits per heavy atom. The van der Waals surface area contributed by atoms with E-state index in [1.54, 1.807) is 11.3 Å². The van der Waals surface area contributed by atoms with E-state index in [9.17, 15) is 4.79 Å². The molecule has 1 fully saturated rings. The lowest BCUT2D eigenvalue weighted by atomic mass is 9.94. The maximum absolute atomic E-state index is 13.1. The van der Waals surface area contributed by atoms with Crippen LogP contribution in [0.25, 0.3) is 10.7 Å². The number of hydrogen-bond donors (Lipinski definition) is 1. The van der Waals surface area contributed by atoms with E-state index in [0.29, 0.717) is 24.8 Å². The van der Waals surface area contributed by atoms with E-state index in [4.69, 9.17) is 4.52 Å². The first kappa shape index (κ1) is 21.7. The first-order valence-electron chi connectivity index (χ1n) is 11.0. The third-order valence-electron chi connectivity index (χ3n) is 5.97. The second-order valence-corrected chi connectivity index (χ2v) is 9.34. The third-order valence-corrected chi connectivity index (χ3v) is 6.84. The number of aromatic nitrogens is 2. The lowest BCUT2D eigenvalue weighted by Crippen LogP contribution is -2.43. The van der Waals surface area contributed by atoms with Gasteiger partial charge in [-0.3, -0.25) is 9.69 Å². The third kappa shape index (κ3) is 5.22. The van der Waals surface area contributed by atoms with Crippen LogP contribution in [0.5, 0.6) is 0 Å². The highest BCUT2D eigenvalue weighted by Gasteiger charge is 2.28. The topological polar surface area (TPSA) is 71.3 Å². The van der Waals surface area contributed by atoms with E-state index < -0.39 is 0 Å². The number of piperidine rings is 1. The van der Waals surface area contributed by atoms with Gasteiger partial charge in [0.25, 0.3) is 0 Å². The molecular weight excluding hydrogens is 408 g/mol. The molecule has 1 saturated heterocycles. The lowest BCUT2D eigenvalue weighted by molar-refractivity contribution is -0.127. The average molecular weight is 439 g/mol. The van der Waals surface area contributed by atoms with Gasteiger partial charge in [-0.1, -0.05) is 41.9 Å². The summed E-state index contributed by atoms with van der Waals surface area (Å²) in [5, 5.41) is 9.40. The largest absolute Gasteiger partial charge is 0.349 e. The van der Waals surface area contributed by atoms with Gasteiger partial charge >= 0.3 is 0 Å². The Morgan fingerprint density at radius 3 is 2.97 bits per heavy atom. The fourth-order valence-electron chi connectivity index (χ4n) is 4.34. The van der Waals surface area contributed by atoms with Gasteiger partial charge in [0.2, 0.25) is 17.6 Å². The molecule has 6 nitrogen and oxygen atoms in total. The summed E-state index contributed by atoms with van der Waals surface area (Å²) >= 11 is 1.60. The average Bonchev–Trinajstić information content (AvgIpc) is 3.44. The minimum absolute atomic E-state index is 0.0201. The highest BCUT2D eigenvalue weighted by Crippen LogP contribution is 2.25. The summed E-state index contributed by atoms with van der Waals surface area (Å²) in [4.78, 5) is 20.9. The Labute approximate surface area is 187 Å². The molecule has 0 spiro atoms. The number of aryl methyl sites for hydroxylation is 2. The first-order chi connectivity index (χ1) is 15.0. The zero-order chi connectivity index (χ0) is 21.8. The maximum atomic E-state index is 13.1. The number of carbonyl (C=O) groups excluding carboxylic acids is 1. The van der Waals surface area contributed by atoms with Gasteiger partial charge in [-0.2, -0.15) is 4.98 Å². The Kier molecular flexibility index (Phi) is 6.83. The van der Waals surface area contributed by atoms with Gasteiger partial charge in [-0.05, 0) is 62.2 Å². The zero-order valence-corrected chi connectivity index (χ0v) is 19.2. The highest BCUT2D eigenvalue weighted by atomic mass is 32.1. The molecule has 1 aliphatic heterocycles. The number of nitrogens with one attached hydrogen (secondary N) is 1. The van der Waals surface area contributed by atoms with E-state index >= 15 is 0 Å². The Morgan fingerprint density at radius 2 is 2.23 bits per heavy atom. The molecular formula is C24H30N4O2S. The molecule has 0 aliphatic carbocycles. The van der Waals surface area contributed by atoms with Crippen molar-refractivity contribution in [3.8, 4) is 10.7 Å². The molecule has 1 amide bonds.